The van der Waals surface area contributed by atoms with Crippen LogP contribution in [0.5, 0.6) is 11.5 Å². The molecular formula is C15H15NO3. The molecule has 0 aliphatic rings. The van der Waals surface area contributed by atoms with Crippen molar-refractivity contribution < 1.29 is 14.6 Å². The molecule has 2 aromatic rings. The van der Waals surface area contributed by atoms with Gasteiger partial charge in [0.05, 0.1) is 6.20 Å². The van der Waals surface area contributed by atoms with Crippen LogP contribution in [-0.2, 0) is 0 Å². The third kappa shape index (κ3) is 3.10. The Balaban J connectivity index is 2.31. The summed E-state index contributed by atoms with van der Waals surface area (Å²) in [6.45, 7) is 4.18. The van der Waals surface area contributed by atoms with Crippen LogP contribution < -0.4 is 4.74 Å². The number of hydrogen-bond acceptors (Lipinski definition) is 3. The average molecular weight is 257 g/mol. The number of carbonyl (C=O) groups is 1. The molecule has 4 nitrogen and oxygen atoms in total. The van der Waals surface area contributed by atoms with Gasteiger partial charge < -0.3 is 9.84 Å². The largest absolute Gasteiger partial charge is 0.478 e. The van der Waals surface area contributed by atoms with Crippen molar-refractivity contribution in [2.45, 2.75) is 19.8 Å². The Bertz CT molecular complexity index is 593. The van der Waals surface area contributed by atoms with Gasteiger partial charge >= 0.3 is 5.97 Å². The Labute approximate surface area is 111 Å². The van der Waals surface area contributed by atoms with Crippen molar-refractivity contribution >= 4 is 5.97 Å². The molecule has 0 saturated heterocycles. The van der Waals surface area contributed by atoms with Gasteiger partial charge in [-0.25, -0.2) is 4.79 Å². The summed E-state index contributed by atoms with van der Waals surface area (Å²) in [5.74, 6) is 0.214. The topological polar surface area (TPSA) is 59.4 Å². The zero-order chi connectivity index (χ0) is 13.8. The van der Waals surface area contributed by atoms with Crippen LogP contribution in [0.2, 0.25) is 0 Å². The van der Waals surface area contributed by atoms with Crippen LogP contribution in [0.3, 0.4) is 0 Å². The molecule has 0 bridgehead atoms. The Hall–Kier alpha value is -2.36. The third-order valence-corrected chi connectivity index (χ3v) is 2.77. The van der Waals surface area contributed by atoms with E-state index in [0.29, 0.717) is 11.7 Å². The van der Waals surface area contributed by atoms with Gasteiger partial charge in [-0.15, -0.1) is 0 Å². The van der Waals surface area contributed by atoms with Gasteiger partial charge in [0, 0.05) is 6.20 Å². The lowest BCUT2D eigenvalue weighted by Gasteiger charge is -2.10. The van der Waals surface area contributed by atoms with Crippen LogP contribution in [0.1, 0.15) is 35.7 Å². The van der Waals surface area contributed by atoms with Crippen molar-refractivity contribution in [2.24, 2.45) is 0 Å². The normalized spacial score (nSPS) is 10.5. The van der Waals surface area contributed by atoms with E-state index in [9.17, 15) is 4.79 Å². The summed E-state index contributed by atoms with van der Waals surface area (Å²) in [6.07, 6.45) is 2.84. The first-order valence-electron chi connectivity index (χ1n) is 6.03. The maximum Gasteiger partial charge on any atom is 0.339 e. The summed E-state index contributed by atoms with van der Waals surface area (Å²) in [6, 6.07) is 9.03. The van der Waals surface area contributed by atoms with E-state index in [0.717, 1.165) is 5.56 Å². The number of carboxylic acid groups (broad SMARTS) is 1. The van der Waals surface area contributed by atoms with Gasteiger partial charge in [-0.3, -0.25) is 4.98 Å². The lowest BCUT2D eigenvalue weighted by molar-refractivity contribution is 0.0694. The summed E-state index contributed by atoms with van der Waals surface area (Å²) in [5.41, 5.74) is 1.24. The molecule has 0 radical (unpaired) electrons. The minimum Gasteiger partial charge on any atom is -0.478 e. The molecule has 0 aliphatic heterocycles. The lowest BCUT2D eigenvalue weighted by atomic mass is 10.0. The fraction of sp³-hybridized carbons (Fsp3) is 0.200. The van der Waals surface area contributed by atoms with Gasteiger partial charge in [-0.1, -0.05) is 26.0 Å². The predicted octanol–water partition coefficient (Wildman–Crippen LogP) is 3.70. The maximum absolute atomic E-state index is 11.1. The first-order chi connectivity index (χ1) is 9.08. The highest BCUT2D eigenvalue weighted by Crippen LogP contribution is 2.27. The standard InChI is InChI=1S/C15H15NO3/c1-10(2)11-4-3-5-12(8-11)19-14-9-16-7-6-13(14)15(17)18/h3-10H,1-2H3,(H,17,18). The van der Waals surface area contributed by atoms with Crippen LogP contribution in [-0.4, -0.2) is 16.1 Å². The summed E-state index contributed by atoms with van der Waals surface area (Å²) < 4.78 is 5.62. The molecule has 0 aliphatic carbocycles. The van der Waals surface area contributed by atoms with E-state index in [1.807, 2.05) is 18.2 Å². The highest BCUT2D eigenvalue weighted by Gasteiger charge is 2.12. The fourth-order valence-corrected chi connectivity index (χ4v) is 1.70. The number of rotatable bonds is 4. The van der Waals surface area contributed by atoms with Crippen LogP contribution in [0.25, 0.3) is 0 Å². The molecule has 19 heavy (non-hydrogen) atoms. The fourth-order valence-electron chi connectivity index (χ4n) is 1.70. The summed E-state index contributed by atoms with van der Waals surface area (Å²) in [4.78, 5) is 15.0. The van der Waals surface area contributed by atoms with Crippen LogP contribution in [0.4, 0.5) is 0 Å². The second-order valence-corrected chi connectivity index (χ2v) is 4.51. The Morgan fingerprint density at radius 1 is 1.32 bits per heavy atom. The molecule has 0 unspecified atom stereocenters. The highest BCUT2D eigenvalue weighted by atomic mass is 16.5. The molecule has 0 fully saturated rings. The second-order valence-electron chi connectivity index (χ2n) is 4.51. The van der Waals surface area contributed by atoms with Crippen molar-refractivity contribution in [2.75, 3.05) is 0 Å². The Kier molecular flexibility index (Phi) is 3.80. The third-order valence-electron chi connectivity index (χ3n) is 2.77. The van der Waals surface area contributed by atoms with E-state index in [-0.39, 0.29) is 11.3 Å². The van der Waals surface area contributed by atoms with Crippen molar-refractivity contribution in [1.82, 2.24) is 4.98 Å². The Morgan fingerprint density at radius 3 is 2.79 bits per heavy atom. The Morgan fingerprint density at radius 2 is 2.11 bits per heavy atom. The van der Waals surface area contributed by atoms with E-state index in [1.54, 1.807) is 6.07 Å². The van der Waals surface area contributed by atoms with E-state index in [1.165, 1.54) is 18.5 Å². The molecular weight excluding hydrogens is 242 g/mol. The molecule has 98 valence electrons. The van der Waals surface area contributed by atoms with Crippen LogP contribution in [0.15, 0.2) is 42.7 Å². The zero-order valence-corrected chi connectivity index (χ0v) is 10.8. The quantitative estimate of drug-likeness (QED) is 0.907. The molecule has 1 heterocycles. The summed E-state index contributed by atoms with van der Waals surface area (Å²) in [5, 5.41) is 9.08. The smallest absolute Gasteiger partial charge is 0.339 e. The first kappa shape index (κ1) is 13.1. The van der Waals surface area contributed by atoms with Gasteiger partial charge in [0.2, 0.25) is 0 Å². The first-order valence-corrected chi connectivity index (χ1v) is 6.03. The molecule has 1 N–H and O–H groups in total. The summed E-state index contributed by atoms with van der Waals surface area (Å²) >= 11 is 0. The van der Waals surface area contributed by atoms with Crippen molar-refractivity contribution in [3.63, 3.8) is 0 Å². The average Bonchev–Trinajstić information content (AvgIpc) is 2.39. The monoisotopic (exact) mass is 257 g/mol. The number of pyridine rings is 1. The van der Waals surface area contributed by atoms with E-state index < -0.39 is 5.97 Å². The molecule has 1 aromatic carbocycles. The number of benzene rings is 1. The molecule has 2 rings (SSSR count). The second kappa shape index (κ2) is 5.52. The zero-order valence-electron chi connectivity index (χ0n) is 10.8. The summed E-state index contributed by atoms with van der Waals surface area (Å²) in [7, 11) is 0. The number of aromatic nitrogens is 1. The van der Waals surface area contributed by atoms with Crippen molar-refractivity contribution in [3.05, 3.63) is 53.9 Å². The lowest BCUT2D eigenvalue weighted by Crippen LogP contribution is -2.00. The van der Waals surface area contributed by atoms with Gasteiger partial charge in [-0.2, -0.15) is 0 Å². The molecule has 0 saturated carbocycles. The molecule has 4 heteroatoms. The van der Waals surface area contributed by atoms with Gasteiger partial charge in [0.15, 0.2) is 5.75 Å². The van der Waals surface area contributed by atoms with E-state index in [2.05, 4.69) is 18.8 Å². The number of carboxylic acids is 1. The number of aromatic carboxylic acids is 1. The van der Waals surface area contributed by atoms with Gasteiger partial charge in [-0.05, 0) is 29.7 Å². The number of nitrogens with zero attached hydrogens (tertiary/aromatic N) is 1. The molecule has 1 aromatic heterocycles. The predicted molar refractivity (Wildman–Crippen MR) is 71.8 cm³/mol. The molecule has 0 amide bonds. The SMILES string of the molecule is CC(C)c1cccc(Oc2cnccc2C(=O)O)c1. The molecule has 0 atom stereocenters. The number of hydrogen-bond donors (Lipinski definition) is 1. The maximum atomic E-state index is 11.1. The minimum absolute atomic E-state index is 0.102. The van der Waals surface area contributed by atoms with E-state index in [4.69, 9.17) is 9.84 Å². The van der Waals surface area contributed by atoms with E-state index >= 15 is 0 Å². The van der Waals surface area contributed by atoms with Gasteiger partial charge in [0.25, 0.3) is 0 Å². The number of ether oxygens (including phenoxy) is 1. The van der Waals surface area contributed by atoms with Crippen LogP contribution >= 0.6 is 0 Å². The van der Waals surface area contributed by atoms with Crippen molar-refractivity contribution in [1.29, 1.82) is 0 Å². The highest BCUT2D eigenvalue weighted by molar-refractivity contribution is 5.90. The minimum atomic E-state index is -1.03. The van der Waals surface area contributed by atoms with Gasteiger partial charge in [0.1, 0.15) is 11.3 Å². The van der Waals surface area contributed by atoms with Crippen molar-refractivity contribution in [3.8, 4) is 11.5 Å². The molecule has 0 spiro atoms. The van der Waals surface area contributed by atoms with Crippen LogP contribution in [0, 0.1) is 0 Å².